The summed E-state index contributed by atoms with van der Waals surface area (Å²) in [6.45, 7) is 0.0352. The van der Waals surface area contributed by atoms with Crippen LogP contribution in [0.2, 0.25) is 0 Å². The lowest BCUT2D eigenvalue weighted by atomic mass is 10.3. The van der Waals surface area contributed by atoms with Gasteiger partial charge in [-0.3, -0.25) is 9.78 Å². The van der Waals surface area contributed by atoms with Gasteiger partial charge in [-0.2, -0.15) is 0 Å². The SMILES string of the molecule is CNc1ccnc(C(=O)NCCS(=O)(=O)NC)c1. The highest BCUT2D eigenvalue weighted by atomic mass is 32.2. The van der Waals surface area contributed by atoms with E-state index in [1.165, 1.54) is 13.2 Å². The molecule has 0 saturated carbocycles. The highest BCUT2D eigenvalue weighted by Crippen LogP contribution is 2.06. The molecule has 100 valence electrons. The van der Waals surface area contributed by atoms with Crippen LogP contribution in [0, 0.1) is 0 Å². The van der Waals surface area contributed by atoms with Gasteiger partial charge >= 0.3 is 0 Å². The van der Waals surface area contributed by atoms with E-state index in [1.54, 1.807) is 19.2 Å². The number of nitrogens with zero attached hydrogens (tertiary/aromatic N) is 1. The first-order valence-electron chi connectivity index (χ1n) is 5.31. The van der Waals surface area contributed by atoms with Crippen molar-refractivity contribution in [3.8, 4) is 0 Å². The molecule has 7 nitrogen and oxygen atoms in total. The van der Waals surface area contributed by atoms with Crippen molar-refractivity contribution < 1.29 is 13.2 Å². The van der Waals surface area contributed by atoms with Crippen LogP contribution < -0.4 is 15.4 Å². The molecule has 1 rings (SSSR count). The van der Waals surface area contributed by atoms with Crippen LogP contribution in [0.25, 0.3) is 0 Å². The summed E-state index contributed by atoms with van der Waals surface area (Å²) >= 11 is 0. The highest BCUT2D eigenvalue weighted by molar-refractivity contribution is 7.89. The summed E-state index contributed by atoms with van der Waals surface area (Å²) in [5.41, 5.74) is 1.00. The van der Waals surface area contributed by atoms with Gasteiger partial charge < -0.3 is 10.6 Å². The van der Waals surface area contributed by atoms with Gasteiger partial charge in [0.2, 0.25) is 10.0 Å². The standard InChI is InChI=1S/C10H16N4O3S/c1-11-8-3-4-13-9(7-8)10(15)14-5-6-18(16,17)12-2/h3-4,7,12H,5-6H2,1-2H3,(H,11,13)(H,14,15). The summed E-state index contributed by atoms with van der Waals surface area (Å²) in [6, 6.07) is 3.31. The summed E-state index contributed by atoms with van der Waals surface area (Å²) in [7, 11) is -0.247. The molecule has 3 N–H and O–H groups in total. The van der Waals surface area contributed by atoms with Crippen molar-refractivity contribution in [3.05, 3.63) is 24.0 Å². The number of sulfonamides is 1. The summed E-state index contributed by atoms with van der Waals surface area (Å²) < 4.78 is 24.4. The lowest BCUT2D eigenvalue weighted by molar-refractivity contribution is 0.0951. The first-order valence-corrected chi connectivity index (χ1v) is 6.97. The van der Waals surface area contributed by atoms with Crippen molar-refractivity contribution in [2.75, 3.05) is 31.7 Å². The maximum atomic E-state index is 11.7. The summed E-state index contributed by atoms with van der Waals surface area (Å²) in [5, 5.41) is 5.38. The molecule has 0 saturated heterocycles. The lowest BCUT2D eigenvalue weighted by Crippen LogP contribution is -2.33. The molecule has 0 fully saturated rings. The van der Waals surface area contributed by atoms with Crippen molar-refractivity contribution in [1.82, 2.24) is 15.0 Å². The molecular formula is C10H16N4O3S. The Morgan fingerprint density at radius 2 is 2.11 bits per heavy atom. The molecule has 0 aromatic carbocycles. The number of anilines is 1. The molecule has 0 unspecified atom stereocenters. The van der Waals surface area contributed by atoms with Gasteiger partial charge in [0.25, 0.3) is 5.91 Å². The fraction of sp³-hybridized carbons (Fsp3) is 0.400. The Bertz CT molecular complexity index is 516. The largest absolute Gasteiger partial charge is 0.388 e. The number of hydrogen-bond donors (Lipinski definition) is 3. The van der Waals surface area contributed by atoms with E-state index in [4.69, 9.17) is 0 Å². The van der Waals surface area contributed by atoms with Gasteiger partial charge in [-0.05, 0) is 19.2 Å². The predicted molar refractivity (Wildman–Crippen MR) is 69.0 cm³/mol. The van der Waals surface area contributed by atoms with Gasteiger partial charge in [0.1, 0.15) is 5.69 Å². The smallest absolute Gasteiger partial charge is 0.269 e. The number of rotatable bonds is 6. The third kappa shape index (κ3) is 4.30. The van der Waals surface area contributed by atoms with E-state index in [2.05, 4.69) is 20.3 Å². The van der Waals surface area contributed by atoms with Crippen LogP contribution in [0.5, 0.6) is 0 Å². The first-order chi connectivity index (χ1) is 8.48. The second-order valence-corrected chi connectivity index (χ2v) is 5.50. The van der Waals surface area contributed by atoms with Crippen LogP contribution in [0.1, 0.15) is 10.5 Å². The van der Waals surface area contributed by atoms with Crippen LogP contribution in [0.3, 0.4) is 0 Å². The number of aromatic nitrogens is 1. The molecule has 0 radical (unpaired) electrons. The van der Waals surface area contributed by atoms with Gasteiger partial charge in [0, 0.05) is 25.5 Å². The van der Waals surface area contributed by atoms with Crippen LogP contribution in [0.4, 0.5) is 5.69 Å². The van der Waals surface area contributed by atoms with Gasteiger partial charge in [0.05, 0.1) is 5.75 Å². The molecule has 1 aromatic rings. The maximum absolute atomic E-state index is 11.7. The zero-order valence-corrected chi connectivity index (χ0v) is 11.0. The molecule has 18 heavy (non-hydrogen) atoms. The molecule has 1 heterocycles. The van der Waals surface area contributed by atoms with E-state index in [9.17, 15) is 13.2 Å². The van der Waals surface area contributed by atoms with E-state index in [0.29, 0.717) is 0 Å². The molecular weight excluding hydrogens is 256 g/mol. The normalized spacial score (nSPS) is 11.0. The van der Waals surface area contributed by atoms with E-state index in [-0.39, 0.29) is 18.0 Å². The Morgan fingerprint density at radius 3 is 2.72 bits per heavy atom. The van der Waals surface area contributed by atoms with Crippen molar-refractivity contribution in [2.45, 2.75) is 0 Å². The number of amides is 1. The molecule has 8 heteroatoms. The van der Waals surface area contributed by atoms with E-state index in [0.717, 1.165) is 5.69 Å². The van der Waals surface area contributed by atoms with Crippen molar-refractivity contribution in [1.29, 1.82) is 0 Å². The number of pyridine rings is 1. The van der Waals surface area contributed by atoms with Crippen LogP contribution in [-0.2, 0) is 10.0 Å². The Kier molecular flexibility index (Phi) is 5.05. The molecule has 0 atom stereocenters. The fourth-order valence-electron chi connectivity index (χ4n) is 1.20. The first kappa shape index (κ1) is 14.4. The monoisotopic (exact) mass is 272 g/mol. The average molecular weight is 272 g/mol. The van der Waals surface area contributed by atoms with E-state index >= 15 is 0 Å². The number of carbonyl (C=O) groups excluding carboxylic acids is 1. The minimum absolute atomic E-state index is 0.0352. The van der Waals surface area contributed by atoms with Crippen LogP contribution >= 0.6 is 0 Å². The molecule has 0 aliphatic carbocycles. The average Bonchev–Trinajstić information content (AvgIpc) is 2.38. The van der Waals surface area contributed by atoms with Gasteiger partial charge in [-0.15, -0.1) is 0 Å². The predicted octanol–water partition coefficient (Wildman–Crippen LogP) is -0.598. The van der Waals surface area contributed by atoms with Crippen molar-refractivity contribution in [2.24, 2.45) is 0 Å². The molecule has 0 bridgehead atoms. The molecule has 1 amide bonds. The van der Waals surface area contributed by atoms with Crippen LogP contribution in [-0.4, -0.2) is 45.7 Å². The van der Waals surface area contributed by atoms with Gasteiger partial charge in [-0.25, -0.2) is 13.1 Å². The summed E-state index contributed by atoms with van der Waals surface area (Å²) in [6.07, 6.45) is 1.51. The van der Waals surface area contributed by atoms with E-state index in [1.807, 2.05) is 0 Å². The molecule has 1 aromatic heterocycles. The molecule has 0 aliphatic heterocycles. The Hall–Kier alpha value is -1.67. The van der Waals surface area contributed by atoms with E-state index < -0.39 is 15.9 Å². The summed E-state index contributed by atoms with van der Waals surface area (Å²) in [4.78, 5) is 15.6. The third-order valence-corrected chi connectivity index (χ3v) is 3.61. The number of carbonyl (C=O) groups is 1. The number of hydrogen-bond acceptors (Lipinski definition) is 5. The third-order valence-electron chi connectivity index (χ3n) is 2.25. The summed E-state index contributed by atoms with van der Waals surface area (Å²) in [5.74, 6) is -0.570. The maximum Gasteiger partial charge on any atom is 0.269 e. The zero-order valence-electron chi connectivity index (χ0n) is 10.2. The zero-order chi connectivity index (χ0) is 13.6. The fourth-order valence-corrected chi connectivity index (χ4v) is 1.78. The van der Waals surface area contributed by atoms with Crippen molar-refractivity contribution >= 4 is 21.6 Å². The van der Waals surface area contributed by atoms with Gasteiger partial charge in [-0.1, -0.05) is 0 Å². The number of nitrogens with one attached hydrogen (secondary N) is 3. The minimum Gasteiger partial charge on any atom is -0.388 e. The molecule has 0 aliphatic rings. The second-order valence-electron chi connectivity index (χ2n) is 3.46. The van der Waals surface area contributed by atoms with Crippen LogP contribution in [0.15, 0.2) is 18.3 Å². The minimum atomic E-state index is -3.31. The Balaban J connectivity index is 2.55. The lowest BCUT2D eigenvalue weighted by Gasteiger charge is -2.06. The Labute approximate surface area is 106 Å². The topological polar surface area (TPSA) is 100 Å². The second kappa shape index (κ2) is 6.31. The molecule has 0 spiro atoms. The Morgan fingerprint density at radius 1 is 1.39 bits per heavy atom. The highest BCUT2D eigenvalue weighted by Gasteiger charge is 2.10. The van der Waals surface area contributed by atoms with Crippen molar-refractivity contribution in [3.63, 3.8) is 0 Å². The van der Waals surface area contributed by atoms with Gasteiger partial charge in [0.15, 0.2) is 0 Å². The quantitative estimate of drug-likeness (QED) is 0.642.